The molecular weight excluding hydrogens is 222 g/mol. The van der Waals surface area contributed by atoms with Crippen LogP contribution < -0.4 is 0 Å². The Morgan fingerprint density at radius 1 is 0.833 bits per heavy atom. The summed E-state index contributed by atoms with van der Waals surface area (Å²) < 4.78 is 0. The van der Waals surface area contributed by atoms with Crippen LogP contribution in [0, 0.1) is 5.92 Å². The van der Waals surface area contributed by atoms with E-state index in [2.05, 4.69) is 4.90 Å². The van der Waals surface area contributed by atoms with Gasteiger partial charge in [0.25, 0.3) is 0 Å². The third kappa shape index (κ3) is 2.49. The van der Waals surface area contributed by atoms with Gasteiger partial charge in [-0.05, 0) is 45.1 Å². The van der Waals surface area contributed by atoms with E-state index in [-0.39, 0.29) is 0 Å². The smallest absolute Gasteiger partial charge is 0.137 e. The normalized spacial score (nSPS) is 36.1. The molecule has 0 aromatic rings. The van der Waals surface area contributed by atoms with Crippen molar-refractivity contribution in [3.05, 3.63) is 0 Å². The molecular formula is C16H27NO. The van der Waals surface area contributed by atoms with Crippen LogP contribution in [0.3, 0.4) is 0 Å². The fourth-order valence-corrected chi connectivity index (χ4v) is 4.52. The zero-order valence-electron chi connectivity index (χ0n) is 11.6. The minimum Gasteiger partial charge on any atom is -0.299 e. The third-order valence-electron chi connectivity index (χ3n) is 5.45. The van der Waals surface area contributed by atoms with Gasteiger partial charge in [0.2, 0.25) is 0 Å². The van der Waals surface area contributed by atoms with Gasteiger partial charge >= 0.3 is 0 Å². The summed E-state index contributed by atoms with van der Waals surface area (Å²) in [5.41, 5.74) is 0. The van der Waals surface area contributed by atoms with Gasteiger partial charge in [-0.1, -0.05) is 25.7 Å². The molecule has 3 aliphatic rings. The van der Waals surface area contributed by atoms with E-state index < -0.39 is 0 Å². The van der Waals surface area contributed by atoms with E-state index in [9.17, 15) is 4.79 Å². The lowest BCUT2D eigenvalue weighted by atomic mass is 9.78. The number of Topliss-reactive ketones (excluding diaryl/α,β-unsaturated/α-hetero) is 1. The topological polar surface area (TPSA) is 20.3 Å². The molecule has 1 heterocycles. The molecule has 0 radical (unpaired) electrons. The van der Waals surface area contributed by atoms with Gasteiger partial charge in [-0.15, -0.1) is 0 Å². The second-order valence-corrected chi connectivity index (χ2v) is 6.56. The van der Waals surface area contributed by atoms with E-state index in [0.717, 1.165) is 18.9 Å². The predicted octanol–water partition coefficient (Wildman–Crippen LogP) is 3.54. The van der Waals surface area contributed by atoms with Crippen LogP contribution in [0.1, 0.15) is 70.6 Å². The predicted molar refractivity (Wildman–Crippen MR) is 73.6 cm³/mol. The number of ketones is 1. The zero-order valence-corrected chi connectivity index (χ0v) is 11.6. The fraction of sp³-hybridized carbons (Fsp3) is 0.938. The number of nitrogens with zero attached hydrogens (tertiary/aromatic N) is 1. The zero-order chi connectivity index (χ0) is 12.4. The van der Waals surface area contributed by atoms with Crippen LogP contribution in [-0.4, -0.2) is 29.3 Å². The van der Waals surface area contributed by atoms with Gasteiger partial charge in [0.1, 0.15) is 5.78 Å². The van der Waals surface area contributed by atoms with Gasteiger partial charge in [0.15, 0.2) is 0 Å². The molecule has 2 nitrogen and oxygen atoms in total. The maximum atomic E-state index is 12.2. The van der Waals surface area contributed by atoms with Crippen molar-refractivity contribution < 1.29 is 4.79 Å². The van der Waals surface area contributed by atoms with Crippen LogP contribution in [0.5, 0.6) is 0 Å². The Bertz CT molecular complexity index is 295. The Hall–Kier alpha value is -0.370. The maximum Gasteiger partial charge on any atom is 0.137 e. The summed E-state index contributed by atoms with van der Waals surface area (Å²) in [6, 6.07) is 1.42. The molecule has 0 N–H and O–H groups in total. The van der Waals surface area contributed by atoms with E-state index in [1.54, 1.807) is 0 Å². The lowest BCUT2D eigenvalue weighted by molar-refractivity contribution is -0.128. The summed E-state index contributed by atoms with van der Waals surface area (Å²) in [7, 11) is 0. The third-order valence-corrected chi connectivity index (χ3v) is 5.45. The highest BCUT2D eigenvalue weighted by Gasteiger charge is 2.38. The molecule has 2 atom stereocenters. The Morgan fingerprint density at radius 2 is 1.56 bits per heavy atom. The van der Waals surface area contributed by atoms with E-state index in [4.69, 9.17) is 0 Å². The van der Waals surface area contributed by atoms with Crippen molar-refractivity contribution in [1.82, 2.24) is 4.90 Å². The molecule has 3 rings (SSSR count). The van der Waals surface area contributed by atoms with Crippen LogP contribution in [0.15, 0.2) is 0 Å². The fourth-order valence-electron chi connectivity index (χ4n) is 4.52. The van der Waals surface area contributed by atoms with E-state index in [0.29, 0.717) is 17.7 Å². The van der Waals surface area contributed by atoms with Gasteiger partial charge in [-0.2, -0.15) is 0 Å². The Morgan fingerprint density at radius 3 is 2.33 bits per heavy atom. The molecule has 2 saturated carbocycles. The molecule has 18 heavy (non-hydrogen) atoms. The molecule has 0 aromatic heterocycles. The van der Waals surface area contributed by atoms with E-state index >= 15 is 0 Å². The number of hydrogen-bond acceptors (Lipinski definition) is 2. The first-order chi connectivity index (χ1) is 8.86. The van der Waals surface area contributed by atoms with Crippen molar-refractivity contribution >= 4 is 5.78 Å². The SMILES string of the molecule is O=C1CCCCC1C1CCCCN1C1CCCC1. The van der Waals surface area contributed by atoms with Gasteiger partial charge in [-0.3, -0.25) is 9.69 Å². The molecule has 102 valence electrons. The molecule has 1 saturated heterocycles. The number of hydrogen-bond donors (Lipinski definition) is 0. The highest BCUT2D eigenvalue weighted by molar-refractivity contribution is 5.82. The first kappa shape index (κ1) is 12.7. The first-order valence-corrected chi connectivity index (χ1v) is 8.15. The lowest BCUT2D eigenvalue weighted by Gasteiger charge is -2.44. The second-order valence-electron chi connectivity index (χ2n) is 6.56. The van der Waals surface area contributed by atoms with Crippen LogP contribution in [-0.2, 0) is 4.79 Å². The van der Waals surface area contributed by atoms with Gasteiger partial charge < -0.3 is 0 Å². The summed E-state index contributed by atoms with van der Waals surface area (Å²) in [6.45, 7) is 1.26. The van der Waals surface area contributed by atoms with E-state index in [1.165, 1.54) is 64.3 Å². The van der Waals surface area contributed by atoms with Crippen LogP contribution in [0.25, 0.3) is 0 Å². The van der Waals surface area contributed by atoms with Gasteiger partial charge in [-0.25, -0.2) is 0 Å². The average molecular weight is 249 g/mol. The van der Waals surface area contributed by atoms with Gasteiger partial charge in [0.05, 0.1) is 0 Å². The number of carbonyl (C=O) groups is 1. The number of carbonyl (C=O) groups excluding carboxylic acids is 1. The molecule has 0 aromatic carbocycles. The number of likely N-dealkylation sites (tertiary alicyclic amines) is 1. The van der Waals surface area contributed by atoms with Crippen LogP contribution >= 0.6 is 0 Å². The molecule has 0 bridgehead atoms. The number of piperidine rings is 1. The van der Waals surface area contributed by atoms with Crippen LogP contribution in [0.2, 0.25) is 0 Å². The largest absolute Gasteiger partial charge is 0.299 e. The Kier molecular flexibility index (Phi) is 4.03. The average Bonchev–Trinajstić information content (AvgIpc) is 2.93. The molecule has 2 unspecified atom stereocenters. The van der Waals surface area contributed by atoms with Crippen molar-refractivity contribution in [2.45, 2.75) is 82.7 Å². The summed E-state index contributed by atoms with van der Waals surface area (Å²) in [6.07, 6.45) is 14.0. The summed E-state index contributed by atoms with van der Waals surface area (Å²) >= 11 is 0. The van der Waals surface area contributed by atoms with E-state index in [1.807, 2.05) is 0 Å². The molecule has 0 spiro atoms. The highest BCUT2D eigenvalue weighted by Crippen LogP contribution is 2.36. The van der Waals surface area contributed by atoms with Crippen LogP contribution in [0.4, 0.5) is 0 Å². The van der Waals surface area contributed by atoms with Crippen molar-refractivity contribution in [2.24, 2.45) is 5.92 Å². The minimum absolute atomic E-state index is 0.389. The monoisotopic (exact) mass is 249 g/mol. The minimum atomic E-state index is 0.389. The quantitative estimate of drug-likeness (QED) is 0.746. The molecule has 1 aliphatic heterocycles. The summed E-state index contributed by atoms with van der Waals surface area (Å²) in [5.74, 6) is 0.968. The van der Waals surface area contributed by atoms with Crippen molar-refractivity contribution in [1.29, 1.82) is 0 Å². The van der Waals surface area contributed by atoms with Crippen molar-refractivity contribution in [3.8, 4) is 0 Å². The highest BCUT2D eigenvalue weighted by atomic mass is 16.1. The summed E-state index contributed by atoms with van der Waals surface area (Å²) in [4.78, 5) is 15.0. The summed E-state index contributed by atoms with van der Waals surface area (Å²) in [5, 5.41) is 0. The molecule has 2 heteroatoms. The second kappa shape index (κ2) is 5.73. The lowest BCUT2D eigenvalue weighted by Crippen LogP contribution is -2.51. The molecule has 0 amide bonds. The maximum absolute atomic E-state index is 12.2. The standard InChI is InChI=1S/C16H27NO/c18-16-11-4-3-9-14(16)15-10-5-6-12-17(15)13-7-1-2-8-13/h13-15H,1-12H2. The molecule has 3 fully saturated rings. The Balaban J connectivity index is 1.71. The Labute approximate surface area is 111 Å². The molecule has 2 aliphatic carbocycles. The van der Waals surface area contributed by atoms with Crippen molar-refractivity contribution in [3.63, 3.8) is 0 Å². The van der Waals surface area contributed by atoms with Gasteiger partial charge in [0, 0.05) is 24.4 Å². The first-order valence-electron chi connectivity index (χ1n) is 8.15. The number of rotatable bonds is 2. The van der Waals surface area contributed by atoms with Crippen molar-refractivity contribution in [2.75, 3.05) is 6.54 Å².